The van der Waals surface area contributed by atoms with Crippen LogP contribution in [0.2, 0.25) is 0 Å². The molecule has 3 rings (SSSR count). The van der Waals surface area contributed by atoms with Gasteiger partial charge < -0.3 is 10.2 Å². The predicted octanol–water partition coefficient (Wildman–Crippen LogP) is 1.73. The van der Waals surface area contributed by atoms with Crippen molar-refractivity contribution in [3.8, 4) is 0 Å². The molecule has 2 aliphatic heterocycles. The summed E-state index contributed by atoms with van der Waals surface area (Å²) >= 11 is 0. The molecule has 19 heavy (non-hydrogen) atoms. The van der Waals surface area contributed by atoms with Gasteiger partial charge in [-0.15, -0.1) is 0 Å². The first kappa shape index (κ1) is 13.1. The molecule has 0 spiro atoms. The van der Waals surface area contributed by atoms with Gasteiger partial charge in [-0.3, -0.25) is 4.90 Å². The minimum atomic E-state index is 0.553. The molecular weight excluding hydrogens is 234 g/mol. The molecule has 104 valence electrons. The Kier molecular flexibility index (Phi) is 4.16. The quantitative estimate of drug-likeness (QED) is 0.892. The van der Waals surface area contributed by atoms with Gasteiger partial charge in [0.2, 0.25) is 0 Å². The predicted molar refractivity (Wildman–Crippen MR) is 79.3 cm³/mol. The van der Waals surface area contributed by atoms with E-state index in [0.717, 1.165) is 0 Å². The molecule has 1 N–H and O–H groups in total. The van der Waals surface area contributed by atoms with Crippen LogP contribution in [0.5, 0.6) is 0 Å². The van der Waals surface area contributed by atoms with Crippen molar-refractivity contribution in [1.29, 1.82) is 0 Å². The van der Waals surface area contributed by atoms with Gasteiger partial charge in [0.05, 0.1) is 6.04 Å². The molecule has 0 bridgehead atoms. The maximum absolute atomic E-state index is 3.71. The van der Waals surface area contributed by atoms with Crippen LogP contribution >= 0.6 is 0 Å². The van der Waals surface area contributed by atoms with Crippen molar-refractivity contribution in [3.05, 3.63) is 35.9 Å². The van der Waals surface area contributed by atoms with Crippen LogP contribution in [0.3, 0.4) is 0 Å². The number of likely N-dealkylation sites (N-methyl/N-ethyl adjacent to an activating group) is 1. The van der Waals surface area contributed by atoms with Crippen LogP contribution in [0.15, 0.2) is 30.3 Å². The summed E-state index contributed by atoms with van der Waals surface area (Å²) in [5.74, 6) is 0. The molecule has 2 saturated heterocycles. The van der Waals surface area contributed by atoms with Crippen LogP contribution < -0.4 is 5.32 Å². The van der Waals surface area contributed by atoms with Crippen LogP contribution in [0.1, 0.15) is 24.4 Å². The van der Waals surface area contributed by atoms with E-state index in [2.05, 4.69) is 52.5 Å². The molecule has 2 fully saturated rings. The zero-order chi connectivity index (χ0) is 13.1. The highest BCUT2D eigenvalue weighted by atomic mass is 15.3. The molecule has 1 aromatic carbocycles. The minimum Gasteiger partial charge on any atom is -0.312 e. The molecule has 2 unspecified atom stereocenters. The van der Waals surface area contributed by atoms with Gasteiger partial charge >= 0.3 is 0 Å². The highest BCUT2D eigenvalue weighted by Crippen LogP contribution is 2.29. The SMILES string of the molecule is CN1CCN(C(c2ccccc2)C2CCCN2)CC1. The lowest BCUT2D eigenvalue weighted by atomic mass is 9.95. The third kappa shape index (κ3) is 2.99. The Hall–Kier alpha value is -0.900. The summed E-state index contributed by atoms with van der Waals surface area (Å²) in [4.78, 5) is 5.11. The average molecular weight is 259 g/mol. The van der Waals surface area contributed by atoms with Gasteiger partial charge in [-0.25, -0.2) is 0 Å². The summed E-state index contributed by atoms with van der Waals surface area (Å²) in [6.07, 6.45) is 2.63. The summed E-state index contributed by atoms with van der Waals surface area (Å²) < 4.78 is 0. The number of benzene rings is 1. The van der Waals surface area contributed by atoms with Gasteiger partial charge in [0.15, 0.2) is 0 Å². The van der Waals surface area contributed by atoms with E-state index in [9.17, 15) is 0 Å². The van der Waals surface area contributed by atoms with Crippen molar-refractivity contribution in [2.24, 2.45) is 0 Å². The Morgan fingerprint density at radius 1 is 1.11 bits per heavy atom. The van der Waals surface area contributed by atoms with E-state index < -0.39 is 0 Å². The van der Waals surface area contributed by atoms with E-state index >= 15 is 0 Å². The van der Waals surface area contributed by atoms with E-state index in [-0.39, 0.29) is 0 Å². The lowest BCUT2D eigenvalue weighted by Gasteiger charge is -2.41. The Morgan fingerprint density at radius 3 is 2.47 bits per heavy atom. The summed E-state index contributed by atoms with van der Waals surface area (Å²) in [6, 6.07) is 12.2. The zero-order valence-electron chi connectivity index (χ0n) is 11.9. The number of nitrogens with one attached hydrogen (secondary N) is 1. The average Bonchev–Trinajstić information content (AvgIpc) is 2.96. The lowest BCUT2D eigenvalue weighted by molar-refractivity contribution is 0.0938. The van der Waals surface area contributed by atoms with Crippen molar-refractivity contribution < 1.29 is 0 Å². The van der Waals surface area contributed by atoms with Crippen LogP contribution in [0.25, 0.3) is 0 Å². The summed E-state index contributed by atoms with van der Waals surface area (Å²) in [5.41, 5.74) is 1.48. The summed E-state index contributed by atoms with van der Waals surface area (Å²) in [7, 11) is 2.22. The van der Waals surface area contributed by atoms with Crippen molar-refractivity contribution in [3.63, 3.8) is 0 Å². The maximum atomic E-state index is 3.71. The maximum Gasteiger partial charge on any atom is 0.0502 e. The van der Waals surface area contributed by atoms with Gasteiger partial charge in [0.1, 0.15) is 0 Å². The molecule has 0 amide bonds. The van der Waals surface area contributed by atoms with Crippen LogP contribution in [-0.4, -0.2) is 55.6 Å². The molecule has 3 heteroatoms. The molecule has 2 atom stereocenters. The van der Waals surface area contributed by atoms with Gasteiger partial charge in [0, 0.05) is 32.2 Å². The fourth-order valence-electron chi connectivity index (χ4n) is 3.43. The lowest BCUT2D eigenvalue weighted by Crippen LogP contribution is -2.50. The van der Waals surface area contributed by atoms with E-state index in [4.69, 9.17) is 0 Å². The Bertz CT molecular complexity index is 378. The van der Waals surface area contributed by atoms with Crippen LogP contribution in [0, 0.1) is 0 Å². The highest BCUT2D eigenvalue weighted by molar-refractivity contribution is 5.21. The van der Waals surface area contributed by atoms with E-state index in [1.54, 1.807) is 0 Å². The van der Waals surface area contributed by atoms with Gasteiger partial charge in [-0.05, 0) is 32.0 Å². The van der Waals surface area contributed by atoms with Crippen molar-refractivity contribution in [2.45, 2.75) is 24.9 Å². The normalized spacial score (nSPS) is 27.5. The van der Waals surface area contributed by atoms with E-state index in [1.807, 2.05) is 0 Å². The second-order valence-electron chi connectivity index (χ2n) is 5.90. The molecule has 2 aliphatic rings. The second kappa shape index (κ2) is 6.04. The standard InChI is InChI=1S/C16H25N3/c1-18-10-12-19(13-11-18)16(15-8-5-9-17-15)14-6-3-2-4-7-14/h2-4,6-7,15-17H,5,8-13H2,1H3. The fourth-order valence-corrected chi connectivity index (χ4v) is 3.43. The molecule has 0 aromatic heterocycles. The van der Waals surface area contributed by atoms with Crippen LogP contribution in [-0.2, 0) is 0 Å². The Labute approximate surface area is 116 Å². The van der Waals surface area contributed by atoms with E-state index in [0.29, 0.717) is 12.1 Å². The molecule has 0 radical (unpaired) electrons. The number of rotatable bonds is 3. The Morgan fingerprint density at radius 2 is 1.84 bits per heavy atom. The largest absolute Gasteiger partial charge is 0.312 e. The van der Waals surface area contributed by atoms with Crippen molar-refractivity contribution >= 4 is 0 Å². The Balaban J connectivity index is 1.80. The zero-order valence-corrected chi connectivity index (χ0v) is 11.9. The second-order valence-corrected chi connectivity index (χ2v) is 5.90. The molecule has 1 aromatic rings. The number of nitrogens with zero attached hydrogens (tertiary/aromatic N) is 2. The number of hydrogen-bond donors (Lipinski definition) is 1. The van der Waals surface area contributed by atoms with Gasteiger partial charge in [-0.2, -0.15) is 0 Å². The van der Waals surface area contributed by atoms with Gasteiger partial charge in [-0.1, -0.05) is 30.3 Å². The van der Waals surface area contributed by atoms with Crippen molar-refractivity contribution in [1.82, 2.24) is 15.1 Å². The monoisotopic (exact) mass is 259 g/mol. The summed E-state index contributed by atoms with van der Waals surface area (Å²) in [5, 5.41) is 3.71. The van der Waals surface area contributed by atoms with Crippen LogP contribution in [0.4, 0.5) is 0 Å². The smallest absolute Gasteiger partial charge is 0.0502 e. The third-order valence-corrected chi connectivity index (χ3v) is 4.55. The molecule has 0 saturated carbocycles. The third-order valence-electron chi connectivity index (χ3n) is 4.55. The highest BCUT2D eigenvalue weighted by Gasteiger charge is 2.32. The molecule has 0 aliphatic carbocycles. The number of piperazine rings is 1. The first-order valence-corrected chi connectivity index (χ1v) is 7.55. The fraction of sp³-hybridized carbons (Fsp3) is 0.625. The molecule has 3 nitrogen and oxygen atoms in total. The number of hydrogen-bond acceptors (Lipinski definition) is 3. The molecule has 2 heterocycles. The first-order chi connectivity index (χ1) is 9.34. The summed E-state index contributed by atoms with van der Waals surface area (Å²) in [6.45, 7) is 5.94. The molecular formula is C16H25N3. The van der Waals surface area contributed by atoms with E-state index in [1.165, 1.54) is 51.1 Å². The topological polar surface area (TPSA) is 18.5 Å². The first-order valence-electron chi connectivity index (χ1n) is 7.55. The van der Waals surface area contributed by atoms with Gasteiger partial charge in [0.25, 0.3) is 0 Å². The van der Waals surface area contributed by atoms with Crippen molar-refractivity contribution in [2.75, 3.05) is 39.8 Å². The minimum absolute atomic E-state index is 0.553.